The summed E-state index contributed by atoms with van der Waals surface area (Å²) in [5.74, 6) is 4.01. The molecule has 0 bridgehead atoms. The van der Waals surface area contributed by atoms with Gasteiger partial charge >= 0.3 is 0 Å². The second-order valence-electron chi connectivity index (χ2n) is 6.00. The van der Waals surface area contributed by atoms with Crippen molar-refractivity contribution in [3.63, 3.8) is 0 Å². The summed E-state index contributed by atoms with van der Waals surface area (Å²) in [4.78, 5) is 11.5. The summed E-state index contributed by atoms with van der Waals surface area (Å²) in [5, 5.41) is 4.15. The summed E-state index contributed by atoms with van der Waals surface area (Å²) in [5.41, 5.74) is 0. The number of hydrogen-bond donors (Lipinski definition) is 1. The molecule has 1 aromatic rings. The van der Waals surface area contributed by atoms with Crippen LogP contribution in [0.1, 0.15) is 26.6 Å². The van der Waals surface area contributed by atoms with Crippen LogP contribution in [0, 0.1) is 12.8 Å². The van der Waals surface area contributed by atoms with E-state index in [9.17, 15) is 0 Å². The lowest BCUT2D eigenvalue weighted by Gasteiger charge is -2.36. The number of imidazole rings is 1. The van der Waals surface area contributed by atoms with Crippen molar-refractivity contribution in [3.05, 3.63) is 18.2 Å². The predicted octanol–water partition coefficient (Wildman–Crippen LogP) is 2.85. The fraction of sp³-hybridized carbons (Fsp3) is 0.750. The second-order valence-corrected chi connectivity index (χ2v) is 7.35. The van der Waals surface area contributed by atoms with Crippen LogP contribution in [0.25, 0.3) is 0 Å². The van der Waals surface area contributed by atoms with Crippen LogP contribution < -0.4 is 5.32 Å². The molecule has 0 aromatic carbocycles. The van der Waals surface area contributed by atoms with Crippen molar-refractivity contribution in [2.45, 2.75) is 39.5 Å². The molecule has 1 aliphatic heterocycles. The quantitative estimate of drug-likeness (QED) is 0.425. The largest absolute Gasteiger partial charge is 0.357 e. The van der Waals surface area contributed by atoms with Crippen molar-refractivity contribution in [1.29, 1.82) is 0 Å². The van der Waals surface area contributed by atoms with E-state index in [4.69, 9.17) is 4.99 Å². The van der Waals surface area contributed by atoms with Gasteiger partial charge in [0.1, 0.15) is 5.82 Å². The van der Waals surface area contributed by atoms with Gasteiger partial charge in [-0.1, -0.05) is 13.8 Å². The van der Waals surface area contributed by atoms with E-state index < -0.39 is 0 Å². The summed E-state index contributed by atoms with van der Waals surface area (Å²) in [7, 11) is 0. The van der Waals surface area contributed by atoms with Gasteiger partial charge in [-0.2, -0.15) is 11.8 Å². The first-order valence-electron chi connectivity index (χ1n) is 8.24. The Morgan fingerprint density at radius 2 is 2.30 bits per heavy atom. The Hall–Kier alpha value is -0.440. The Bertz CT molecular complexity index is 489. The molecule has 0 aliphatic carbocycles. The molecule has 0 spiro atoms. The van der Waals surface area contributed by atoms with Crippen LogP contribution in [0.15, 0.2) is 17.4 Å². The zero-order valence-corrected chi connectivity index (χ0v) is 17.8. The number of thioether (sulfide) groups is 1. The van der Waals surface area contributed by atoms with Gasteiger partial charge in [0.05, 0.1) is 6.54 Å². The fourth-order valence-electron chi connectivity index (χ4n) is 2.60. The van der Waals surface area contributed by atoms with E-state index in [1.807, 2.05) is 19.3 Å². The number of rotatable bonds is 5. The van der Waals surface area contributed by atoms with Gasteiger partial charge in [-0.05, 0) is 19.8 Å². The Labute approximate surface area is 161 Å². The molecule has 1 atom stereocenters. The maximum Gasteiger partial charge on any atom is 0.194 e. The minimum Gasteiger partial charge on any atom is -0.357 e. The van der Waals surface area contributed by atoms with Crippen LogP contribution >= 0.6 is 35.7 Å². The van der Waals surface area contributed by atoms with Crippen LogP contribution in [0.2, 0.25) is 0 Å². The van der Waals surface area contributed by atoms with E-state index in [2.05, 4.69) is 52.3 Å². The van der Waals surface area contributed by atoms with E-state index in [0.29, 0.717) is 11.2 Å². The molecule has 2 rings (SSSR count). The van der Waals surface area contributed by atoms with Gasteiger partial charge in [-0.3, -0.25) is 4.99 Å². The van der Waals surface area contributed by atoms with Gasteiger partial charge in [0, 0.05) is 49.6 Å². The molecule has 2 heterocycles. The number of nitrogens with zero attached hydrogens (tertiary/aromatic N) is 4. The maximum atomic E-state index is 4.82. The average Bonchev–Trinajstić information content (AvgIpc) is 2.92. The summed E-state index contributed by atoms with van der Waals surface area (Å²) in [6.07, 6.45) is 3.86. The van der Waals surface area contributed by atoms with E-state index in [1.54, 1.807) is 0 Å². The minimum atomic E-state index is 0. The van der Waals surface area contributed by atoms with Crippen molar-refractivity contribution < 1.29 is 0 Å². The SMILES string of the molecule is CCNC(=NCCn1ccnc1C)N1CCSC(C(C)C)C1.I. The van der Waals surface area contributed by atoms with Crippen LogP contribution in [0.3, 0.4) is 0 Å². The second kappa shape index (κ2) is 10.4. The Balaban J connectivity index is 0.00000264. The predicted molar refractivity (Wildman–Crippen MR) is 111 cm³/mol. The first-order chi connectivity index (χ1) is 10.6. The molecule has 23 heavy (non-hydrogen) atoms. The average molecular weight is 451 g/mol. The van der Waals surface area contributed by atoms with Gasteiger partial charge in [-0.15, -0.1) is 24.0 Å². The molecule has 0 radical (unpaired) electrons. The fourth-order valence-corrected chi connectivity index (χ4v) is 3.90. The number of nitrogens with one attached hydrogen (secondary N) is 1. The monoisotopic (exact) mass is 451 g/mol. The lowest BCUT2D eigenvalue weighted by molar-refractivity contribution is 0.380. The highest BCUT2D eigenvalue weighted by Gasteiger charge is 2.24. The van der Waals surface area contributed by atoms with Gasteiger partial charge < -0.3 is 14.8 Å². The van der Waals surface area contributed by atoms with Crippen LogP contribution in [0.4, 0.5) is 0 Å². The van der Waals surface area contributed by atoms with Crippen molar-refractivity contribution >= 4 is 41.7 Å². The first kappa shape index (κ1) is 20.6. The molecule has 1 N–H and O–H groups in total. The molecular weight excluding hydrogens is 421 g/mol. The Morgan fingerprint density at radius 1 is 1.52 bits per heavy atom. The molecule has 0 amide bonds. The molecule has 1 unspecified atom stereocenters. The number of guanidine groups is 1. The van der Waals surface area contributed by atoms with Crippen molar-refractivity contribution in [2.24, 2.45) is 10.9 Å². The highest BCUT2D eigenvalue weighted by molar-refractivity contribution is 14.0. The highest BCUT2D eigenvalue weighted by atomic mass is 127. The Kier molecular flexibility index (Phi) is 9.34. The zero-order valence-electron chi connectivity index (χ0n) is 14.7. The number of aromatic nitrogens is 2. The third-order valence-corrected chi connectivity index (χ3v) is 5.54. The molecule has 132 valence electrons. The molecule has 1 saturated heterocycles. The summed E-state index contributed by atoms with van der Waals surface area (Å²) in [6, 6.07) is 0. The molecule has 5 nitrogen and oxygen atoms in total. The molecule has 1 fully saturated rings. The van der Waals surface area contributed by atoms with Crippen LogP contribution in [-0.4, -0.2) is 57.6 Å². The van der Waals surface area contributed by atoms with Crippen molar-refractivity contribution in [3.8, 4) is 0 Å². The molecular formula is C16H30IN5S. The summed E-state index contributed by atoms with van der Waals surface area (Å²) < 4.78 is 2.15. The van der Waals surface area contributed by atoms with Crippen molar-refractivity contribution in [1.82, 2.24) is 19.8 Å². The number of halogens is 1. The number of aliphatic imine (C=N–C) groups is 1. The highest BCUT2D eigenvalue weighted by Crippen LogP contribution is 2.24. The van der Waals surface area contributed by atoms with Crippen molar-refractivity contribution in [2.75, 3.05) is 31.9 Å². The molecule has 1 aliphatic rings. The van der Waals surface area contributed by atoms with E-state index >= 15 is 0 Å². The third-order valence-electron chi connectivity index (χ3n) is 4.00. The van der Waals surface area contributed by atoms with Crippen LogP contribution in [0.5, 0.6) is 0 Å². The van der Waals surface area contributed by atoms with Gasteiger partial charge in [0.15, 0.2) is 5.96 Å². The molecule has 1 aromatic heterocycles. The van der Waals surface area contributed by atoms with Crippen LogP contribution in [-0.2, 0) is 6.54 Å². The number of aryl methyl sites for hydroxylation is 1. The lowest BCUT2D eigenvalue weighted by atomic mass is 10.1. The molecule has 0 saturated carbocycles. The van der Waals surface area contributed by atoms with Gasteiger partial charge in [-0.25, -0.2) is 4.98 Å². The maximum absolute atomic E-state index is 4.82. The van der Waals surface area contributed by atoms with E-state index in [0.717, 1.165) is 44.5 Å². The molecule has 7 heteroatoms. The summed E-state index contributed by atoms with van der Waals surface area (Å²) in [6.45, 7) is 13.6. The minimum absolute atomic E-state index is 0. The van der Waals surface area contributed by atoms with E-state index in [1.165, 1.54) is 5.75 Å². The van der Waals surface area contributed by atoms with Gasteiger partial charge in [0.2, 0.25) is 0 Å². The normalized spacial score (nSPS) is 18.9. The first-order valence-corrected chi connectivity index (χ1v) is 9.29. The Morgan fingerprint density at radius 3 is 2.91 bits per heavy atom. The zero-order chi connectivity index (χ0) is 15.9. The van der Waals surface area contributed by atoms with Gasteiger partial charge in [0.25, 0.3) is 0 Å². The van der Waals surface area contributed by atoms with E-state index in [-0.39, 0.29) is 24.0 Å². The number of hydrogen-bond acceptors (Lipinski definition) is 3. The summed E-state index contributed by atoms with van der Waals surface area (Å²) >= 11 is 2.10. The lowest BCUT2D eigenvalue weighted by Crippen LogP contribution is -2.49. The topological polar surface area (TPSA) is 45.5 Å². The standard InChI is InChI=1S/C16H29N5S.HI/c1-5-17-16(19-7-9-20-8-6-18-14(20)4)21-10-11-22-15(12-21)13(2)3;/h6,8,13,15H,5,7,9-12H2,1-4H3,(H,17,19);1H. The third kappa shape index (κ3) is 6.17. The smallest absolute Gasteiger partial charge is 0.194 e.